The summed E-state index contributed by atoms with van der Waals surface area (Å²) in [5, 5.41) is 0. The van der Waals surface area contributed by atoms with Gasteiger partial charge in [-0.1, -0.05) is 72.8 Å². The van der Waals surface area contributed by atoms with Gasteiger partial charge in [-0.3, -0.25) is 0 Å². The van der Waals surface area contributed by atoms with Crippen LogP contribution in [0.5, 0.6) is 0 Å². The highest BCUT2D eigenvalue weighted by Crippen LogP contribution is 2.29. The summed E-state index contributed by atoms with van der Waals surface area (Å²) in [5.74, 6) is 0.384. The fourth-order valence-corrected chi connectivity index (χ4v) is 2.97. The molecule has 0 radical (unpaired) electrons. The summed E-state index contributed by atoms with van der Waals surface area (Å²) in [5.41, 5.74) is 5.35. The molecule has 0 aromatic heterocycles. The molecule has 1 nitrogen and oxygen atoms in total. The average molecular weight is 301 g/mol. The average Bonchev–Trinajstić information content (AvgIpc) is 2.61. The van der Waals surface area contributed by atoms with Gasteiger partial charge in [-0.2, -0.15) is 0 Å². The van der Waals surface area contributed by atoms with Crippen molar-refractivity contribution in [2.75, 3.05) is 19.0 Å². The lowest BCUT2D eigenvalue weighted by molar-refractivity contribution is 0.805. The van der Waals surface area contributed by atoms with Gasteiger partial charge in [-0.15, -0.1) is 0 Å². The van der Waals surface area contributed by atoms with Gasteiger partial charge in [0.2, 0.25) is 0 Å². The van der Waals surface area contributed by atoms with Crippen LogP contribution in [0.25, 0.3) is 0 Å². The Labute approximate surface area is 139 Å². The molecule has 3 aromatic rings. The van der Waals surface area contributed by atoms with Gasteiger partial charge in [-0.05, 0) is 35.2 Å². The summed E-state index contributed by atoms with van der Waals surface area (Å²) >= 11 is 0. The van der Waals surface area contributed by atoms with Crippen LogP contribution in [0.1, 0.15) is 22.6 Å². The van der Waals surface area contributed by atoms with Crippen LogP contribution in [-0.2, 0) is 6.42 Å². The molecule has 1 heteroatoms. The van der Waals surface area contributed by atoms with E-state index in [-0.39, 0.29) is 0 Å². The summed E-state index contributed by atoms with van der Waals surface area (Å²) in [7, 11) is 4.15. The van der Waals surface area contributed by atoms with Crippen LogP contribution in [0.4, 0.5) is 5.69 Å². The van der Waals surface area contributed by atoms with Crippen LogP contribution >= 0.6 is 0 Å². The van der Waals surface area contributed by atoms with Crippen LogP contribution in [-0.4, -0.2) is 14.1 Å². The molecule has 0 amide bonds. The maximum Gasteiger partial charge on any atom is 0.0361 e. The zero-order valence-corrected chi connectivity index (χ0v) is 13.8. The summed E-state index contributed by atoms with van der Waals surface area (Å²) in [4.78, 5) is 2.14. The first-order valence-corrected chi connectivity index (χ1v) is 8.10. The second-order valence-electron chi connectivity index (χ2n) is 6.14. The van der Waals surface area contributed by atoms with Crippen LogP contribution in [0.3, 0.4) is 0 Å². The highest BCUT2D eigenvalue weighted by molar-refractivity contribution is 5.48. The van der Waals surface area contributed by atoms with Crippen molar-refractivity contribution >= 4 is 5.69 Å². The molecule has 0 saturated heterocycles. The Bertz CT molecular complexity index is 715. The molecule has 3 rings (SSSR count). The Morgan fingerprint density at radius 2 is 1.17 bits per heavy atom. The first kappa shape index (κ1) is 15.4. The van der Waals surface area contributed by atoms with E-state index in [2.05, 4.69) is 104 Å². The van der Waals surface area contributed by atoms with Crippen molar-refractivity contribution in [1.82, 2.24) is 0 Å². The molecule has 3 aromatic carbocycles. The second kappa shape index (κ2) is 7.15. The molecule has 0 aliphatic heterocycles. The van der Waals surface area contributed by atoms with Crippen LogP contribution in [0.2, 0.25) is 0 Å². The maximum atomic E-state index is 2.26. The van der Waals surface area contributed by atoms with Crippen LogP contribution in [0, 0.1) is 0 Å². The summed E-state index contributed by atoms with van der Waals surface area (Å²) < 4.78 is 0. The smallest absolute Gasteiger partial charge is 0.0361 e. The van der Waals surface area contributed by atoms with Gasteiger partial charge in [-0.25, -0.2) is 0 Å². The number of hydrogen-bond donors (Lipinski definition) is 0. The van der Waals surface area contributed by atoms with Crippen molar-refractivity contribution < 1.29 is 0 Å². The number of hydrogen-bond acceptors (Lipinski definition) is 1. The molecule has 116 valence electrons. The van der Waals surface area contributed by atoms with Gasteiger partial charge in [0, 0.05) is 25.7 Å². The third-order valence-electron chi connectivity index (χ3n) is 4.30. The van der Waals surface area contributed by atoms with Crippen molar-refractivity contribution in [1.29, 1.82) is 0 Å². The van der Waals surface area contributed by atoms with Gasteiger partial charge < -0.3 is 4.90 Å². The zero-order chi connectivity index (χ0) is 16.1. The quantitative estimate of drug-likeness (QED) is 0.631. The Balaban J connectivity index is 1.94. The molecule has 0 N–H and O–H groups in total. The third-order valence-corrected chi connectivity index (χ3v) is 4.30. The lowest BCUT2D eigenvalue weighted by Gasteiger charge is -2.20. The minimum Gasteiger partial charge on any atom is -0.378 e. The molecule has 0 aliphatic carbocycles. The van der Waals surface area contributed by atoms with Crippen molar-refractivity contribution in [3.8, 4) is 0 Å². The van der Waals surface area contributed by atoms with E-state index in [1.54, 1.807) is 0 Å². The fourth-order valence-electron chi connectivity index (χ4n) is 2.97. The molecule has 0 spiro atoms. The van der Waals surface area contributed by atoms with Gasteiger partial charge >= 0.3 is 0 Å². The Morgan fingerprint density at radius 1 is 0.652 bits per heavy atom. The van der Waals surface area contributed by atoms with Crippen LogP contribution in [0.15, 0.2) is 84.9 Å². The van der Waals surface area contributed by atoms with Gasteiger partial charge in [0.15, 0.2) is 0 Å². The fraction of sp³-hybridized carbons (Fsp3) is 0.182. The van der Waals surface area contributed by atoms with E-state index in [9.17, 15) is 0 Å². The normalized spacial score (nSPS) is 11.9. The molecule has 0 fully saturated rings. The first-order valence-electron chi connectivity index (χ1n) is 8.10. The molecule has 1 unspecified atom stereocenters. The predicted molar refractivity (Wildman–Crippen MR) is 99.2 cm³/mol. The van der Waals surface area contributed by atoms with Gasteiger partial charge in [0.1, 0.15) is 0 Å². The molecule has 1 atom stereocenters. The lowest BCUT2D eigenvalue weighted by Crippen LogP contribution is -2.09. The molecular formula is C22H23N. The van der Waals surface area contributed by atoms with E-state index in [4.69, 9.17) is 0 Å². The molecule has 0 heterocycles. The molecule has 0 saturated carbocycles. The highest BCUT2D eigenvalue weighted by atomic mass is 15.1. The van der Waals surface area contributed by atoms with Crippen molar-refractivity contribution in [2.24, 2.45) is 0 Å². The molecule has 0 aliphatic rings. The van der Waals surface area contributed by atoms with E-state index in [1.165, 1.54) is 22.4 Å². The topological polar surface area (TPSA) is 3.24 Å². The summed E-state index contributed by atoms with van der Waals surface area (Å²) in [6, 6.07) is 30.5. The Kier molecular flexibility index (Phi) is 4.77. The number of nitrogens with zero attached hydrogens (tertiary/aromatic N) is 1. The van der Waals surface area contributed by atoms with Gasteiger partial charge in [0.05, 0.1) is 0 Å². The van der Waals surface area contributed by atoms with E-state index < -0.39 is 0 Å². The summed E-state index contributed by atoms with van der Waals surface area (Å²) in [6.07, 6.45) is 1.02. The van der Waals surface area contributed by atoms with Crippen LogP contribution < -0.4 is 4.90 Å². The first-order chi connectivity index (χ1) is 11.2. The lowest BCUT2D eigenvalue weighted by atomic mass is 9.86. The minimum atomic E-state index is 0.384. The van der Waals surface area contributed by atoms with Gasteiger partial charge in [0.25, 0.3) is 0 Å². The monoisotopic (exact) mass is 301 g/mol. The van der Waals surface area contributed by atoms with Crippen molar-refractivity contribution in [3.05, 3.63) is 102 Å². The highest BCUT2D eigenvalue weighted by Gasteiger charge is 2.15. The van der Waals surface area contributed by atoms with E-state index in [0.717, 1.165) is 6.42 Å². The number of rotatable bonds is 5. The van der Waals surface area contributed by atoms with Crippen molar-refractivity contribution in [2.45, 2.75) is 12.3 Å². The second-order valence-corrected chi connectivity index (χ2v) is 6.14. The van der Waals surface area contributed by atoms with E-state index in [1.807, 2.05) is 0 Å². The van der Waals surface area contributed by atoms with Crippen molar-refractivity contribution in [3.63, 3.8) is 0 Å². The zero-order valence-electron chi connectivity index (χ0n) is 13.8. The third kappa shape index (κ3) is 3.81. The Morgan fingerprint density at radius 3 is 1.74 bits per heavy atom. The minimum absolute atomic E-state index is 0.384. The van der Waals surface area contributed by atoms with E-state index in [0.29, 0.717) is 5.92 Å². The number of anilines is 1. The molecule has 0 bridgehead atoms. The summed E-state index contributed by atoms with van der Waals surface area (Å²) in [6.45, 7) is 0. The Hall–Kier alpha value is -2.54. The largest absolute Gasteiger partial charge is 0.378 e. The maximum absolute atomic E-state index is 2.26. The number of benzene rings is 3. The molecular weight excluding hydrogens is 278 g/mol. The van der Waals surface area contributed by atoms with E-state index >= 15 is 0 Å². The molecule has 23 heavy (non-hydrogen) atoms. The predicted octanol–water partition coefficient (Wildman–Crippen LogP) is 5.13. The standard InChI is InChI=1S/C22H23N/c1-23(2)21-15-13-20(14-16-21)22(19-11-7-4-8-12-19)17-18-9-5-3-6-10-18/h3-16,22H,17H2,1-2H3. The SMILES string of the molecule is CN(C)c1ccc(C(Cc2ccccc2)c2ccccc2)cc1.